The molecule has 3 heterocycles. The highest BCUT2D eigenvalue weighted by Crippen LogP contribution is 2.37. The second-order valence-corrected chi connectivity index (χ2v) is 21.5. The average molecular weight is 1100 g/mol. The monoisotopic (exact) mass is 1100 g/mol. The van der Waals surface area contributed by atoms with Crippen molar-refractivity contribution in [2.24, 2.45) is 5.73 Å². The van der Waals surface area contributed by atoms with Crippen LogP contribution in [0, 0.1) is 6.92 Å². The van der Waals surface area contributed by atoms with Crippen LogP contribution < -0.4 is 16.4 Å². The Balaban J connectivity index is 1.11. The van der Waals surface area contributed by atoms with Crippen molar-refractivity contribution in [3.63, 3.8) is 0 Å². The highest BCUT2D eigenvalue weighted by Gasteiger charge is 2.47. The molecule has 14 heteroatoms. The van der Waals surface area contributed by atoms with Gasteiger partial charge in [0.05, 0.1) is 22.1 Å². The molecule has 0 radical (unpaired) electrons. The lowest BCUT2D eigenvalue weighted by molar-refractivity contribution is -0.142. The predicted molar refractivity (Wildman–Crippen MR) is 290 cm³/mol. The summed E-state index contributed by atoms with van der Waals surface area (Å²) in [4.78, 5) is 52.3. The molecule has 366 valence electrons. The number of rotatable bonds is 14. The van der Waals surface area contributed by atoms with E-state index in [2.05, 4.69) is 45.6 Å². The van der Waals surface area contributed by atoms with Crippen LogP contribution in [0.2, 0.25) is 20.1 Å². The van der Waals surface area contributed by atoms with E-state index >= 15 is 14.4 Å². The maximum absolute atomic E-state index is 16.0. The molecule has 0 saturated heterocycles. The normalized spacial score (nSPS) is 15.9. The Morgan fingerprint density at radius 3 is 1.69 bits per heavy atom. The van der Waals surface area contributed by atoms with Crippen molar-refractivity contribution in [3.8, 4) is 11.1 Å². The molecule has 9 nitrogen and oxygen atoms in total. The summed E-state index contributed by atoms with van der Waals surface area (Å²) in [7, 11) is 0. The number of nitrogens with zero attached hydrogens (tertiary/aromatic N) is 3. The highest BCUT2D eigenvalue weighted by atomic mass is 79.9. The Bertz CT molecular complexity index is 3170. The fraction of sp³-hybridized carbons (Fsp3) is 0.224. The van der Waals surface area contributed by atoms with Crippen molar-refractivity contribution >= 4 is 80.1 Å². The van der Waals surface area contributed by atoms with Crippen LogP contribution in [-0.4, -0.2) is 50.2 Å². The predicted octanol–water partition coefficient (Wildman–Crippen LogP) is 11.8. The molecule has 3 amide bonds. The van der Waals surface area contributed by atoms with Crippen molar-refractivity contribution in [3.05, 3.63) is 232 Å². The number of aryl methyl sites for hydroxylation is 1. The first-order valence-electron chi connectivity index (χ1n) is 23.8. The van der Waals surface area contributed by atoms with Gasteiger partial charge < -0.3 is 20.4 Å². The molecular weight excluding hydrogens is 1050 g/mol. The summed E-state index contributed by atoms with van der Waals surface area (Å²) in [5.41, 5.74) is 16.6. The number of benzene rings is 7. The molecule has 10 rings (SSSR count). The van der Waals surface area contributed by atoms with Gasteiger partial charge in [-0.25, -0.2) is 0 Å². The van der Waals surface area contributed by atoms with Crippen LogP contribution in [0.5, 0.6) is 0 Å². The minimum atomic E-state index is -1.95. The van der Waals surface area contributed by atoms with Crippen molar-refractivity contribution in [1.82, 2.24) is 25.3 Å². The number of fused-ring (bicyclic) bond motifs is 3. The van der Waals surface area contributed by atoms with Gasteiger partial charge >= 0.3 is 0 Å². The lowest BCUT2D eigenvalue weighted by atomic mass is 9.91. The lowest BCUT2D eigenvalue weighted by Gasteiger charge is -2.41. The van der Waals surface area contributed by atoms with Gasteiger partial charge in [-0.15, -0.1) is 0 Å². The number of carbonyl (C=O) groups is 3. The number of carbonyl (C=O) groups excluding carboxylic acids is 3. The molecule has 0 aliphatic carbocycles. The summed E-state index contributed by atoms with van der Waals surface area (Å²) < 4.78 is 0.696. The molecule has 4 atom stereocenters. The van der Waals surface area contributed by atoms with E-state index in [-0.39, 0.29) is 29.7 Å². The second kappa shape index (κ2) is 21.1. The third-order valence-corrected chi connectivity index (χ3v) is 16.3. The molecular formula is C58H51BrCl4N6O3. The molecule has 4 unspecified atom stereocenters. The van der Waals surface area contributed by atoms with Gasteiger partial charge in [0.1, 0.15) is 6.04 Å². The first-order chi connectivity index (χ1) is 34.7. The first kappa shape index (κ1) is 50.0. The fourth-order valence-electron chi connectivity index (χ4n) is 10.4. The van der Waals surface area contributed by atoms with E-state index in [1.54, 1.807) is 34.1 Å². The van der Waals surface area contributed by atoms with Gasteiger partial charge in [-0.1, -0.05) is 190 Å². The number of nitrogens with one attached hydrogen (secondary N) is 2. The van der Waals surface area contributed by atoms with Gasteiger partial charge in [0.15, 0.2) is 5.66 Å². The van der Waals surface area contributed by atoms with Crippen molar-refractivity contribution in [1.29, 1.82) is 0 Å². The Morgan fingerprint density at radius 2 is 1.14 bits per heavy atom. The van der Waals surface area contributed by atoms with E-state index in [9.17, 15) is 0 Å². The van der Waals surface area contributed by atoms with Gasteiger partial charge in [0.2, 0.25) is 11.8 Å². The third-order valence-electron chi connectivity index (χ3n) is 14.2. The van der Waals surface area contributed by atoms with E-state index in [1.807, 2.05) is 120 Å². The summed E-state index contributed by atoms with van der Waals surface area (Å²) in [6, 6.07) is 44.9. The van der Waals surface area contributed by atoms with E-state index in [1.165, 1.54) is 0 Å². The van der Waals surface area contributed by atoms with Crippen LogP contribution in [0.15, 0.2) is 156 Å². The first-order valence-corrected chi connectivity index (χ1v) is 26.2. The molecule has 0 fully saturated rings. The smallest absolute Gasteiger partial charge is 0.258 e. The van der Waals surface area contributed by atoms with E-state index in [4.69, 9.17) is 52.1 Å². The number of hydrogen-bond donors (Lipinski definition) is 3. The van der Waals surface area contributed by atoms with Crippen molar-refractivity contribution in [2.75, 3.05) is 0 Å². The van der Waals surface area contributed by atoms with Gasteiger partial charge in [-0.3, -0.25) is 25.0 Å². The van der Waals surface area contributed by atoms with Crippen LogP contribution >= 0.6 is 62.3 Å². The molecule has 72 heavy (non-hydrogen) atoms. The summed E-state index contributed by atoms with van der Waals surface area (Å²) in [5, 5.41) is 8.56. The second-order valence-electron chi connectivity index (χ2n) is 19.0. The Kier molecular flexibility index (Phi) is 14.7. The molecule has 0 spiro atoms. The van der Waals surface area contributed by atoms with E-state index in [0.29, 0.717) is 75.5 Å². The zero-order valence-corrected chi connectivity index (χ0v) is 44.0. The van der Waals surface area contributed by atoms with Crippen LogP contribution in [0.3, 0.4) is 0 Å². The molecule has 3 aliphatic rings. The van der Waals surface area contributed by atoms with Crippen LogP contribution in [0.4, 0.5) is 0 Å². The number of amides is 3. The third kappa shape index (κ3) is 10.3. The molecule has 3 aliphatic heterocycles. The Labute approximate surface area is 448 Å². The standard InChI is InChI=1S/C58H51BrCl4N6O3/c1-35-11-2-9-19-46(35)36-21-22-37(49(61)25-36)26-51(55(70)67-29-39-12-3-4-13-40(39)30-67)65-54(56(71)68-31-41-14-5-6-15-42(41)32-68)53(47-24-23-45(59)27-50(47)62)66-58(64,28-38-18-10-20-48(60)52(38)63)57(72)69-33-43-16-7-8-17-44(43)34-69/h2-25,27,51,53-54,65-66H,26,28-34,64H2,1H3. The lowest BCUT2D eigenvalue weighted by Crippen LogP contribution is -2.69. The van der Waals surface area contributed by atoms with E-state index < -0.39 is 29.7 Å². The molecule has 0 saturated carbocycles. The summed E-state index contributed by atoms with van der Waals surface area (Å²) >= 11 is 31.7. The molecule has 0 bridgehead atoms. The maximum Gasteiger partial charge on any atom is 0.258 e. The average Bonchev–Trinajstić information content (AvgIpc) is 4.14. The zero-order valence-electron chi connectivity index (χ0n) is 39.4. The SMILES string of the molecule is Cc1ccccc1-c1ccc(CC(NC(C(=O)N2Cc3ccccc3C2)C(NC(N)(Cc2cccc(Cl)c2Cl)C(=O)N2Cc3ccccc3C2)c2ccc(Br)cc2Cl)C(=O)N2Cc3ccccc3C2)c(Cl)c1. The van der Waals surface area contributed by atoms with Gasteiger partial charge in [-0.2, -0.15) is 0 Å². The number of nitrogens with two attached hydrogens (primary N) is 1. The summed E-state index contributed by atoms with van der Waals surface area (Å²) in [6.45, 7) is 4.08. The van der Waals surface area contributed by atoms with Crippen LogP contribution in [0.25, 0.3) is 11.1 Å². The van der Waals surface area contributed by atoms with Crippen molar-refractivity contribution < 1.29 is 14.4 Å². The molecule has 0 aromatic heterocycles. The van der Waals surface area contributed by atoms with Crippen LogP contribution in [0.1, 0.15) is 61.7 Å². The molecule has 7 aromatic carbocycles. The van der Waals surface area contributed by atoms with Gasteiger partial charge in [0, 0.05) is 60.2 Å². The van der Waals surface area contributed by atoms with Crippen molar-refractivity contribution in [2.45, 2.75) is 82.8 Å². The Hall–Kier alpha value is -5.53. The fourth-order valence-corrected chi connectivity index (χ4v) is 11.9. The van der Waals surface area contributed by atoms with E-state index in [0.717, 1.165) is 50.1 Å². The summed E-state index contributed by atoms with van der Waals surface area (Å²) in [6.07, 6.45) is -0.0176. The largest absolute Gasteiger partial charge is 0.333 e. The zero-order chi connectivity index (χ0) is 50.3. The molecule has 7 aromatic rings. The minimum absolute atomic E-state index is 0.111. The number of halogens is 5. The highest BCUT2D eigenvalue weighted by molar-refractivity contribution is 9.10. The summed E-state index contributed by atoms with van der Waals surface area (Å²) in [5.74, 6) is -1.00. The van der Waals surface area contributed by atoms with Crippen LogP contribution in [-0.2, 0) is 66.5 Å². The molecule has 4 N–H and O–H groups in total. The minimum Gasteiger partial charge on any atom is -0.333 e. The quantitative estimate of drug-likeness (QED) is 0.0936. The number of hydrogen-bond acceptors (Lipinski definition) is 6. The Morgan fingerprint density at radius 1 is 0.597 bits per heavy atom. The maximum atomic E-state index is 16.0. The van der Waals surface area contributed by atoms with Gasteiger partial charge in [-0.05, 0) is 104 Å². The van der Waals surface area contributed by atoms with Gasteiger partial charge in [0.25, 0.3) is 5.91 Å². The topological polar surface area (TPSA) is 111 Å².